The number of nitrogens with one attached hydrogen (secondary N) is 1. The smallest absolute Gasteiger partial charge is 0.211 e. The Kier molecular flexibility index (Phi) is 6.58. The van der Waals surface area contributed by atoms with E-state index in [-0.39, 0.29) is 15.7 Å². The van der Waals surface area contributed by atoms with Gasteiger partial charge < -0.3 is 5.32 Å². The highest BCUT2D eigenvalue weighted by Gasteiger charge is 2.14. The van der Waals surface area contributed by atoms with Gasteiger partial charge in [0.25, 0.3) is 0 Å². The van der Waals surface area contributed by atoms with Gasteiger partial charge in [0.05, 0.1) is 22.0 Å². The third-order valence-electron chi connectivity index (χ3n) is 2.92. The molecule has 1 N–H and O–H groups in total. The van der Waals surface area contributed by atoms with Gasteiger partial charge in [-0.15, -0.1) is 0 Å². The summed E-state index contributed by atoms with van der Waals surface area (Å²) in [5.41, 5.74) is 0.510. The molecule has 0 bridgehead atoms. The topological polar surface area (TPSA) is 73.2 Å². The molecule has 21 heavy (non-hydrogen) atoms. The van der Waals surface area contributed by atoms with Crippen molar-refractivity contribution < 1.29 is 12.8 Å². The molecule has 116 valence electrons. The van der Waals surface area contributed by atoms with Crippen LogP contribution in [0.4, 0.5) is 10.1 Å². The molecule has 0 radical (unpaired) electrons. The largest absolute Gasteiger partial charge is 0.383 e. The lowest BCUT2D eigenvalue weighted by Crippen LogP contribution is -2.31. The van der Waals surface area contributed by atoms with Crippen LogP contribution in [0.15, 0.2) is 16.6 Å². The monoisotopic (exact) mass is 377 g/mol. The van der Waals surface area contributed by atoms with Crippen LogP contribution in [0.1, 0.15) is 18.9 Å². The van der Waals surface area contributed by atoms with Gasteiger partial charge in [-0.25, -0.2) is 17.1 Å². The van der Waals surface area contributed by atoms with Crippen molar-refractivity contribution in [3.05, 3.63) is 28.0 Å². The highest BCUT2D eigenvalue weighted by atomic mass is 79.9. The van der Waals surface area contributed by atoms with Crippen LogP contribution in [0.25, 0.3) is 0 Å². The number of hydrogen-bond acceptors (Lipinski definition) is 4. The SMILES string of the molecule is CCN(CCCNc1ccc(C#N)c(Br)c1F)S(C)(=O)=O. The number of benzene rings is 1. The molecule has 0 atom stereocenters. The van der Waals surface area contributed by atoms with Crippen molar-refractivity contribution in [3.63, 3.8) is 0 Å². The summed E-state index contributed by atoms with van der Waals surface area (Å²) >= 11 is 3.04. The lowest BCUT2D eigenvalue weighted by molar-refractivity contribution is 0.428. The summed E-state index contributed by atoms with van der Waals surface area (Å²) in [7, 11) is -3.20. The average Bonchev–Trinajstić information content (AvgIpc) is 2.42. The van der Waals surface area contributed by atoms with Crippen molar-refractivity contribution in [2.75, 3.05) is 31.2 Å². The molecule has 0 saturated heterocycles. The van der Waals surface area contributed by atoms with Crippen LogP contribution in [0.2, 0.25) is 0 Å². The van der Waals surface area contributed by atoms with E-state index < -0.39 is 15.8 Å². The third-order valence-corrected chi connectivity index (χ3v) is 5.08. The molecule has 0 amide bonds. The molecule has 0 aromatic heterocycles. The van der Waals surface area contributed by atoms with Gasteiger partial charge in [0.2, 0.25) is 10.0 Å². The van der Waals surface area contributed by atoms with Gasteiger partial charge in [0.15, 0.2) is 5.82 Å². The molecule has 0 heterocycles. The lowest BCUT2D eigenvalue weighted by atomic mass is 10.2. The van der Waals surface area contributed by atoms with Crippen molar-refractivity contribution in [2.24, 2.45) is 0 Å². The van der Waals surface area contributed by atoms with Crippen molar-refractivity contribution in [1.29, 1.82) is 5.26 Å². The Morgan fingerprint density at radius 3 is 2.67 bits per heavy atom. The fourth-order valence-corrected chi connectivity index (χ4v) is 3.17. The molecule has 0 saturated carbocycles. The molecule has 5 nitrogen and oxygen atoms in total. The van der Waals surface area contributed by atoms with Crippen LogP contribution in [-0.2, 0) is 10.0 Å². The van der Waals surface area contributed by atoms with E-state index in [2.05, 4.69) is 21.2 Å². The van der Waals surface area contributed by atoms with E-state index in [9.17, 15) is 12.8 Å². The summed E-state index contributed by atoms with van der Waals surface area (Å²) in [6.07, 6.45) is 1.72. The first-order valence-corrected chi connectivity index (χ1v) is 9.02. The van der Waals surface area contributed by atoms with Crippen LogP contribution in [0.5, 0.6) is 0 Å². The predicted molar refractivity (Wildman–Crippen MR) is 84.0 cm³/mol. The van der Waals surface area contributed by atoms with E-state index in [1.807, 2.05) is 6.07 Å². The maximum absolute atomic E-state index is 13.9. The van der Waals surface area contributed by atoms with E-state index in [0.717, 1.165) is 0 Å². The Morgan fingerprint density at radius 1 is 1.48 bits per heavy atom. The van der Waals surface area contributed by atoms with E-state index >= 15 is 0 Å². The Balaban J connectivity index is 2.58. The first kappa shape index (κ1) is 17.9. The van der Waals surface area contributed by atoms with Gasteiger partial charge in [-0.3, -0.25) is 0 Å². The van der Waals surface area contributed by atoms with Gasteiger partial charge in [-0.1, -0.05) is 6.92 Å². The molecule has 0 aliphatic carbocycles. The van der Waals surface area contributed by atoms with Crippen molar-refractivity contribution in [3.8, 4) is 6.07 Å². The summed E-state index contributed by atoms with van der Waals surface area (Å²) < 4.78 is 38.2. The van der Waals surface area contributed by atoms with E-state index in [1.54, 1.807) is 6.92 Å². The average molecular weight is 378 g/mol. The molecule has 0 unspecified atom stereocenters. The molecule has 1 aromatic rings. The fourth-order valence-electron chi connectivity index (χ4n) is 1.81. The lowest BCUT2D eigenvalue weighted by Gasteiger charge is -2.18. The zero-order chi connectivity index (χ0) is 16.0. The second-order valence-electron chi connectivity index (χ2n) is 4.44. The standard InChI is InChI=1S/C13H17BrFN3O2S/c1-3-18(21(2,19)20)8-4-7-17-11-6-5-10(9-16)12(14)13(11)15/h5-6,17H,3-4,7-8H2,1-2H3. The van der Waals surface area contributed by atoms with E-state index in [0.29, 0.717) is 26.1 Å². The summed E-state index contributed by atoms with van der Waals surface area (Å²) in [6, 6.07) is 4.89. The molecule has 0 spiro atoms. The summed E-state index contributed by atoms with van der Waals surface area (Å²) in [6.45, 7) is 2.99. The molecule has 1 aromatic carbocycles. The Bertz CT molecular complexity index is 644. The van der Waals surface area contributed by atoms with Crippen LogP contribution >= 0.6 is 15.9 Å². The first-order chi connectivity index (χ1) is 9.81. The zero-order valence-corrected chi connectivity index (χ0v) is 14.3. The van der Waals surface area contributed by atoms with Gasteiger partial charge >= 0.3 is 0 Å². The molecule has 0 fully saturated rings. The quantitative estimate of drug-likeness (QED) is 0.741. The number of anilines is 1. The molecular weight excluding hydrogens is 361 g/mol. The Labute approximate surface area is 132 Å². The first-order valence-electron chi connectivity index (χ1n) is 6.38. The van der Waals surface area contributed by atoms with Gasteiger partial charge in [0.1, 0.15) is 6.07 Å². The summed E-state index contributed by atoms with van der Waals surface area (Å²) in [5.74, 6) is -0.524. The maximum atomic E-state index is 13.9. The van der Waals surface area contributed by atoms with E-state index in [4.69, 9.17) is 5.26 Å². The summed E-state index contributed by atoms with van der Waals surface area (Å²) in [5, 5.41) is 11.7. The Hall–Kier alpha value is -1.17. The van der Waals surface area contributed by atoms with Crippen LogP contribution in [0.3, 0.4) is 0 Å². The predicted octanol–water partition coefficient (Wildman–Crippen LogP) is 2.54. The Morgan fingerprint density at radius 2 is 2.14 bits per heavy atom. The molecule has 0 aliphatic rings. The number of nitrogens with zero attached hydrogens (tertiary/aromatic N) is 2. The molecular formula is C13H17BrFN3O2S. The fraction of sp³-hybridized carbons (Fsp3) is 0.462. The number of rotatable bonds is 7. The number of hydrogen-bond donors (Lipinski definition) is 1. The number of nitriles is 1. The highest BCUT2D eigenvalue weighted by Crippen LogP contribution is 2.26. The van der Waals surface area contributed by atoms with Crippen molar-refractivity contribution >= 4 is 31.6 Å². The highest BCUT2D eigenvalue weighted by molar-refractivity contribution is 9.10. The minimum absolute atomic E-state index is 0.126. The second-order valence-corrected chi connectivity index (χ2v) is 7.21. The normalized spacial score (nSPS) is 11.4. The second kappa shape index (κ2) is 7.73. The van der Waals surface area contributed by atoms with E-state index in [1.165, 1.54) is 22.7 Å². The number of sulfonamides is 1. The molecule has 8 heteroatoms. The zero-order valence-electron chi connectivity index (χ0n) is 11.9. The van der Waals surface area contributed by atoms with Gasteiger partial charge in [-0.2, -0.15) is 5.26 Å². The minimum Gasteiger partial charge on any atom is -0.383 e. The van der Waals surface area contributed by atoms with Crippen LogP contribution in [0, 0.1) is 17.1 Å². The van der Waals surface area contributed by atoms with Crippen molar-refractivity contribution in [1.82, 2.24) is 4.31 Å². The third kappa shape index (κ3) is 4.95. The summed E-state index contributed by atoms with van der Waals surface area (Å²) in [4.78, 5) is 0. The van der Waals surface area contributed by atoms with Crippen LogP contribution < -0.4 is 5.32 Å². The maximum Gasteiger partial charge on any atom is 0.211 e. The molecule has 0 aliphatic heterocycles. The number of halogens is 2. The van der Waals surface area contributed by atoms with Gasteiger partial charge in [-0.05, 0) is 34.5 Å². The van der Waals surface area contributed by atoms with Crippen LogP contribution in [-0.4, -0.2) is 38.6 Å². The minimum atomic E-state index is -3.20. The molecule has 1 rings (SSSR count). The van der Waals surface area contributed by atoms with Gasteiger partial charge in [0, 0.05) is 19.6 Å². The van der Waals surface area contributed by atoms with Crippen molar-refractivity contribution in [2.45, 2.75) is 13.3 Å².